The number of ether oxygens (including phenoxy) is 2. The number of nitrogens with zero attached hydrogens (tertiary/aromatic N) is 1. The van der Waals surface area contributed by atoms with Crippen molar-refractivity contribution in [1.82, 2.24) is 4.90 Å². The lowest BCUT2D eigenvalue weighted by Crippen LogP contribution is -2.51. The third kappa shape index (κ3) is 4.54. The van der Waals surface area contributed by atoms with E-state index in [1.54, 1.807) is 0 Å². The van der Waals surface area contributed by atoms with Crippen LogP contribution in [0.2, 0.25) is 0 Å². The SMILES string of the molecule is Brc1cccc(CCO[C@@H]2CCCC[C@H]2N2CCOCC2)c1. The predicted molar refractivity (Wildman–Crippen MR) is 92.2 cm³/mol. The second kappa shape index (κ2) is 8.44. The molecular weight excluding hydrogens is 342 g/mol. The molecule has 2 fully saturated rings. The smallest absolute Gasteiger partial charge is 0.0730 e. The van der Waals surface area contributed by atoms with Crippen molar-refractivity contribution < 1.29 is 9.47 Å². The van der Waals surface area contributed by atoms with Gasteiger partial charge in [-0.1, -0.05) is 40.9 Å². The van der Waals surface area contributed by atoms with Crippen LogP contribution >= 0.6 is 15.9 Å². The van der Waals surface area contributed by atoms with Crippen molar-refractivity contribution in [2.24, 2.45) is 0 Å². The summed E-state index contributed by atoms with van der Waals surface area (Å²) in [5, 5.41) is 0. The van der Waals surface area contributed by atoms with Gasteiger partial charge >= 0.3 is 0 Å². The summed E-state index contributed by atoms with van der Waals surface area (Å²) in [6.45, 7) is 4.71. The molecule has 2 atom stereocenters. The highest BCUT2D eigenvalue weighted by atomic mass is 79.9. The molecule has 0 radical (unpaired) electrons. The predicted octanol–water partition coefficient (Wildman–Crippen LogP) is 3.65. The van der Waals surface area contributed by atoms with Gasteiger partial charge in [-0.2, -0.15) is 0 Å². The van der Waals surface area contributed by atoms with Crippen molar-refractivity contribution in [1.29, 1.82) is 0 Å². The molecule has 1 aliphatic heterocycles. The van der Waals surface area contributed by atoms with Gasteiger partial charge in [0.25, 0.3) is 0 Å². The number of hydrogen-bond donors (Lipinski definition) is 0. The number of benzene rings is 1. The molecule has 3 rings (SSSR count). The van der Waals surface area contributed by atoms with Gasteiger partial charge in [0.05, 0.1) is 25.9 Å². The van der Waals surface area contributed by atoms with E-state index in [-0.39, 0.29) is 0 Å². The number of halogens is 1. The molecule has 3 nitrogen and oxygen atoms in total. The molecule has 1 saturated heterocycles. The fraction of sp³-hybridized carbons (Fsp3) is 0.667. The van der Waals surface area contributed by atoms with E-state index in [0.717, 1.165) is 43.8 Å². The van der Waals surface area contributed by atoms with E-state index in [2.05, 4.69) is 45.1 Å². The van der Waals surface area contributed by atoms with Crippen molar-refractivity contribution in [2.45, 2.75) is 44.2 Å². The van der Waals surface area contributed by atoms with Crippen LogP contribution in [0.5, 0.6) is 0 Å². The zero-order valence-electron chi connectivity index (χ0n) is 13.2. The zero-order chi connectivity index (χ0) is 15.2. The van der Waals surface area contributed by atoms with E-state index in [1.807, 2.05) is 0 Å². The topological polar surface area (TPSA) is 21.7 Å². The first kappa shape index (κ1) is 16.4. The maximum Gasteiger partial charge on any atom is 0.0730 e. The van der Waals surface area contributed by atoms with Crippen molar-refractivity contribution in [3.8, 4) is 0 Å². The molecule has 2 aliphatic rings. The maximum absolute atomic E-state index is 6.29. The Labute approximate surface area is 142 Å². The van der Waals surface area contributed by atoms with E-state index >= 15 is 0 Å². The van der Waals surface area contributed by atoms with Gasteiger partial charge in [0, 0.05) is 23.6 Å². The average Bonchev–Trinajstić information content (AvgIpc) is 2.56. The molecule has 1 aromatic rings. The van der Waals surface area contributed by atoms with Crippen LogP contribution in [0.15, 0.2) is 28.7 Å². The first-order valence-electron chi connectivity index (χ1n) is 8.51. The lowest BCUT2D eigenvalue weighted by atomic mass is 9.91. The lowest BCUT2D eigenvalue weighted by Gasteiger charge is -2.41. The molecule has 0 unspecified atom stereocenters. The molecule has 0 aromatic heterocycles. The highest BCUT2D eigenvalue weighted by molar-refractivity contribution is 9.10. The molecule has 1 aromatic carbocycles. The molecule has 1 aliphatic carbocycles. The Morgan fingerprint density at radius 1 is 1.18 bits per heavy atom. The fourth-order valence-electron chi connectivity index (χ4n) is 3.62. The molecular formula is C18H26BrNO2. The summed E-state index contributed by atoms with van der Waals surface area (Å²) >= 11 is 3.53. The van der Waals surface area contributed by atoms with Crippen LogP contribution in [0.25, 0.3) is 0 Å². The molecule has 0 amide bonds. The largest absolute Gasteiger partial charge is 0.379 e. The Morgan fingerprint density at radius 3 is 2.82 bits per heavy atom. The number of rotatable bonds is 5. The van der Waals surface area contributed by atoms with Crippen molar-refractivity contribution in [3.63, 3.8) is 0 Å². The first-order valence-corrected chi connectivity index (χ1v) is 9.30. The second-order valence-electron chi connectivity index (χ2n) is 6.29. The molecule has 0 spiro atoms. The van der Waals surface area contributed by atoms with E-state index in [9.17, 15) is 0 Å². The highest BCUT2D eigenvalue weighted by Gasteiger charge is 2.31. The third-order valence-corrected chi connectivity index (χ3v) is 5.29. The quantitative estimate of drug-likeness (QED) is 0.792. The summed E-state index contributed by atoms with van der Waals surface area (Å²) in [4.78, 5) is 2.59. The van der Waals surface area contributed by atoms with E-state index in [4.69, 9.17) is 9.47 Å². The van der Waals surface area contributed by atoms with Gasteiger partial charge in [0.1, 0.15) is 0 Å². The van der Waals surface area contributed by atoms with Crippen LogP contribution in [0, 0.1) is 0 Å². The molecule has 1 heterocycles. The van der Waals surface area contributed by atoms with Crippen LogP contribution in [-0.4, -0.2) is 50.0 Å². The third-order valence-electron chi connectivity index (χ3n) is 4.79. The van der Waals surface area contributed by atoms with Gasteiger partial charge in [-0.25, -0.2) is 0 Å². The summed E-state index contributed by atoms with van der Waals surface area (Å²) in [6, 6.07) is 9.12. The summed E-state index contributed by atoms with van der Waals surface area (Å²) in [7, 11) is 0. The zero-order valence-corrected chi connectivity index (χ0v) is 14.8. The van der Waals surface area contributed by atoms with Gasteiger partial charge in [0.2, 0.25) is 0 Å². The van der Waals surface area contributed by atoms with Crippen LogP contribution in [0.1, 0.15) is 31.2 Å². The normalized spacial score (nSPS) is 27.0. The lowest BCUT2D eigenvalue weighted by molar-refractivity contribution is -0.0647. The Bertz CT molecular complexity index is 462. The van der Waals surface area contributed by atoms with Crippen LogP contribution in [0.3, 0.4) is 0 Å². The molecule has 0 bridgehead atoms. The van der Waals surface area contributed by atoms with Crippen molar-refractivity contribution >= 4 is 15.9 Å². The summed E-state index contributed by atoms with van der Waals surface area (Å²) in [5.74, 6) is 0. The fourth-order valence-corrected chi connectivity index (χ4v) is 4.07. The van der Waals surface area contributed by atoms with E-state index < -0.39 is 0 Å². The maximum atomic E-state index is 6.29. The molecule has 122 valence electrons. The monoisotopic (exact) mass is 367 g/mol. The minimum atomic E-state index is 0.402. The average molecular weight is 368 g/mol. The first-order chi connectivity index (χ1) is 10.8. The minimum Gasteiger partial charge on any atom is -0.379 e. The van der Waals surface area contributed by atoms with Gasteiger partial charge in [0.15, 0.2) is 0 Å². The molecule has 1 saturated carbocycles. The van der Waals surface area contributed by atoms with Gasteiger partial charge < -0.3 is 9.47 Å². The summed E-state index contributed by atoms with van der Waals surface area (Å²) in [5.41, 5.74) is 1.34. The highest BCUT2D eigenvalue weighted by Crippen LogP contribution is 2.26. The van der Waals surface area contributed by atoms with Crippen LogP contribution in [-0.2, 0) is 15.9 Å². The Balaban J connectivity index is 1.50. The summed E-state index contributed by atoms with van der Waals surface area (Å²) in [6.07, 6.45) is 6.53. The van der Waals surface area contributed by atoms with Gasteiger partial charge in [-0.15, -0.1) is 0 Å². The Kier molecular flexibility index (Phi) is 6.30. The number of morpholine rings is 1. The van der Waals surface area contributed by atoms with E-state index in [0.29, 0.717) is 12.1 Å². The molecule has 22 heavy (non-hydrogen) atoms. The van der Waals surface area contributed by atoms with Gasteiger partial charge in [-0.3, -0.25) is 4.90 Å². The van der Waals surface area contributed by atoms with Crippen LogP contribution in [0.4, 0.5) is 0 Å². The Hall–Kier alpha value is -0.420. The minimum absolute atomic E-state index is 0.402. The van der Waals surface area contributed by atoms with Crippen LogP contribution < -0.4 is 0 Å². The number of hydrogen-bond acceptors (Lipinski definition) is 3. The van der Waals surface area contributed by atoms with E-state index in [1.165, 1.54) is 31.2 Å². The summed E-state index contributed by atoms with van der Waals surface area (Å²) < 4.78 is 12.9. The van der Waals surface area contributed by atoms with Crippen molar-refractivity contribution in [3.05, 3.63) is 34.3 Å². The Morgan fingerprint density at radius 2 is 2.00 bits per heavy atom. The molecule has 0 N–H and O–H groups in total. The van der Waals surface area contributed by atoms with Crippen molar-refractivity contribution in [2.75, 3.05) is 32.9 Å². The standard InChI is InChI=1S/C18H26BrNO2/c19-16-5-3-4-15(14-16)8-11-22-18-7-2-1-6-17(18)20-9-12-21-13-10-20/h3-5,14,17-18H,1-2,6-13H2/t17-,18-/m1/s1. The molecule has 4 heteroatoms. The second-order valence-corrected chi connectivity index (χ2v) is 7.20. The van der Waals surface area contributed by atoms with Gasteiger partial charge in [-0.05, 0) is 37.0 Å².